The van der Waals surface area contributed by atoms with Crippen LogP contribution >= 0.6 is 11.3 Å². The van der Waals surface area contributed by atoms with Crippen molar-refractivity contribution in [2.45, 2.75) is 13.3 Å². The lowest BCUT2D eigenvalue weighted by Gasteiger charge is -2.03. The third-order valence-corrected chi connectivity index (χ3v) is 3.62. The fourth-order valence-electron chi connectivity index (χ4n) is 1.95. The van der Waals surface area contributed by atoms with E-state index in [-0.39, 0.29) is 0 Å². The van der Waals surface area contributed by atoms with Crippen molar-refractivity contribution in [2.24, 2.45) is 7.05 Å². The summed E-state index contributed by atoms with van der Waals surface area (Å²) in [6, 6.07) is 1.76. The third-order valence-electron chi connectivity index (χ3n) is 2.80. The van der Waals surface area contributed by atoms with Gasteiger partial charge >= 0.3 is 0 Å². The van der Waals surface area contributed by atoms with Crippen LogP contribution in [0.15, 0.2) is 23.8 Å². The summed E-state index contributed by atoms with van der Waals surface area (Å²) in [6.07, 6.45) is 4.25. The normalized spacial score (nSPS) is 10.9. The molecule has 0 aliphatic heterocycles. The summed E-state index contributed by atoms with van der Waals surface area (Å²) in [4.78, 5) is 13.2. The van der Waals surface area contributed by atoms with Crippen molar-refractivity contribution in [3.63, 3.8) is 0 Å². The van der Waals surface area contributed by atoms with Gasteiger partial charge in [-0.15, -0.1) is 11.3 Å². The number of aryl methyl sites for hydroxylation is 2. The van der Waals surface area contributed by atoms with Crippen LogP contribution < -0.4 is 5.73 Å². The molecule has 0 unspecified atom stereocenters. The Morgan fingerprint density at radius 2 is 2.15 bits per heavy atom. The first-order valence-corrected chi connectivity index (χ1v) is 7.01. The molecule has 20 heavy (non-hydrogen) atoms. The van der Waals surface area contributed by atoms with Gasteiger partial charge in [0.2, 0.25) is 0 Å². The number of aromatic nitrogens is 5. The smallest absolute Gasteiger partial charge is 0.137 e. The molecule has 0 fully saturated rings. The second-order valence-electron chi connectivity index (χ2n) is 4.53. The number of nitrogen functional groups attached to an aromatic ring is 1. The second-order valence-corrected chi connectivity index (χ2v) is 5.59. The van der Waals surface area contributed by atoms with Crippen molar-refractivity contribution < 1.29 is 0 Å². The highest BCUT2D eigenvalue weighted by atomic mass is 32.1. The van der Waals surface area contributed by atoms with Gasteiger partial charge in [-0.25, -0.2) is 15.0 Å². The number of hydrogen-bond donors (Lipinski definition) is 1. The molecule has 0 bridgehead atoms. The van der Waals surface area contributed by atoms with Crippen molar-refractivity contribution in [2.75, 3.05) is 5.73 Å². The molecule has 2 N–H and O–H groups in total. The minimum Gasteiger partial charge on any atom is -0.384 e. The standard InChI is InChI=1S/C13H14N6S/c1-8-16-10(7-20-8)3-13-17-11(4-12(14)18-13)9-5-15-19(2)6-9/h4-7H,3H2,1-2H3,(H2,14,17,18). The van der Waals surface area contributed by atoms with E-state index in [9.17, 15) is 0 Å². The molecule has 0 atom stereocenters. The Bertz CT molecular complexity index is 745. The first kappa shape index (κ1) is 12.7. The maximum atomic E-state index is 5.87. The van der Waals surface area contributed by atoms with Crippen LogP contribution in [0.5, 0.6) is 0 Å². The van der Waals surface area contributed by atoms with Gasteiger partial charge in [-0.2, -0.15) is 5.10 Å². The Labute approximate surface area is 120 Å². The van der Waals surface area contributed by atoms with E-state index in [2.05, 4.69) is 20.1 Å². The summed E-state index contributed by atoms with van der Waals surface area (Å²) in [5.41, 5.74) is 8.55. The highest BCUT2D eigenvalue weighted by molar-refractivity contribution is 7.09. The first-order valence-electron chi connectivity index (χ1n) is 6.13. The van der Waals surface area contributed by atoms with E-state index in [1.165, 1.54) is 0 Å². The van der Waals surface area contributed by atoms with Crippen LogP contribution in [-0.2, 0) is 13.5 Å². The predicted octanol–water partition coefficient (Wildman–Crippen LogP) is 1.82. The quantitative estimate of drug-likeness (QED) is 0.794. The number of hydrogen-bond acceptors (Lipinski definition) is 6. The van der Waals surface area contributed by atoms with E-state index >= 15 is 0 Å². The van der Waals surface area contributed by atoms with E-state index in [1.807, 2.05) is 25.5 Å². The van der Waals surface area contributed by atoms with E-state index < -0.39 is 0 Å². The van der Waals surface area contributed by atoms with Crippen molar-refractivity contribution in [3.8, 4) is 11.3 Å². The third kappa shape index (κ3) is 2.67. The molecule has 0 saturated heterocycles. The van der Waals surface area contributed by atoms with Crippen molar-refractivity contribution in [3.05, 3.63) is 40.4 Å². The lowest BCUT2D eigenvalue weighted by Crippen LogP contribution is -2.02. The SMILES string of the molecule is Cc1nc(Cc2nc(N)cc(-c3cnn(C)c3)n2)cs1. The van der Waals surface area contributed by atoms with Crippen LogP contribution in [0, 0.1) is 6.92 Å². The average molecular weight is 286 g/mol. The molecule has 0 amide bonds. The summed E-state index contributed by atoms with van der Waals surface area (Å²) in [6.45, 7) is 1.98. The highest BCUT2D eigenvalue weighted by Gasteiger charge is 2.09. The summed E-state index contributed by atoms with van der Waals surface area (Å²) in [7, 11) is 1.87. The second kappa shape index (κ2) is 5.01. The minimum absolute atomic E-state index is 0.459. The molecule has 0 aliphatic rings. The summed E-state index contributed by atoms with van der Waals surface area (Å²) in [5, 5.41) is 7.20. The molecule has 0 radical (unpaired) electrons. The van der Waals surface area contributed by atoms with Gasteiger partial charge < -0.3 is 5.73 Å². The molecule has 0 aromatic carbocycles. The Balaban J connectivity index is 1.94. The monoisotopic (exact) mass is 286 g/mol. The maximum Gasteiger partial charge on any atom is 0.137 e. The fraction of sp³-hybridized carbons (Fsp3) is 0.231. The molecule has 6 nitrogen and oxygen atoms in total. The van der Waals surface area contributed by atoms with Crippen molar-refractivity contribution in [1.82, 2.24) is 24.7 Å². The Morgan fingerprint density at radius 3 is 2.80 bits per heavy atom. The van der Waals surface area contributed by atoms with Crippen molar-refractivity contribution >= 4 is 17.2 Å². The molecular formula is C13H14N6S. The summed E-state index contributed by atoms with van der Waals surface area (Å²) < 4.78 is 1.73. The van der Waals surface area contributed by atoms with Gasteiger partial charge in [-0.05, 0) is 6.92 Å². The molecule has 3 aromatic heterocycles. The van der Waals surface area contributed by atoms with Gasteiger partial charge in [0.15, 0.2) is 0 Å². The van der Waals surface area contributed by atoms with Crippen LogP contribution in [0.4, 0.5) is 5.82 Å². The number of anilines is 1. The van der Waals surface area contributed by atoms with Crippen LogP contribution in [-0.4, -0.2) is 24.7 Å². The van der Waals surface area contributed by atoms with Gasteiger partial charge in [0.25, 0.3) is 0 Å². The number of thiazole rings is 1. The lowest BCUT2D eigenvalue weighted by atomic mass is 10.2. The maximum absolute atomic E-state index is 5.87. The minimum atomic E-state index is 0.459. The van der Waals surface area contributed by atoms with Gasteiger partial charge in [-0.1, -0.05) is 0 Å². The van der Waals surface area contributed by atoms with Gasteiger partial charge in [0.05, 0.1) is 29.0 Å². The molecule has 0 aliphatic carbocycles. The van der Waals surface area contributed by atoms with Gasteiger partial charge in [0.1, 0.15) is 11.6 Å². The Kier molecular flexibility index (Phi) is 3.19. The molecule has 102 valence electrons. The Hall–Kier alpha value is -2.28. The Morgan fingerprint density at radius 1 is 1.30 bits per heavy atom. The van der Waals surface area contributed by atoms with Gasteiger partial charge in [-0.3, -0.25) is 4.68 Å². The van der Waals surface area contributed by atoms with Crippen LogP contribution in [0.1, 0.15) is 16.5 Å². The van der Waals surface area contributed by atoms with E-state index in [4.69, 9.17) is 5.73 Å². The molecule has 7 heteroatoms. The lowest BCUT2D eigenvalue weighted by molar-refractivity contribution is 0.768. The first-order chi connectivity index (χ1) is 9.60. The van der Waals surface area contributed by atoms with E-state index in [0.717, 1.165) is 22.0 Å². The van der Waals surface area contributed by atoms with Crippen molar-refractivity contribution in [1.29, 1.82) is 0 Å². The zero-order valence-corrected chi connectivity index (χ0v) is 12.1. The average Bonchev–Trinajstić information content (AvgIpc) is 2.98. The zero-order chi connectivity index (χ0) is 14.1. The molecule has 3 rings (SSSR count). The molecule has 3 aromatic rings. The molecular weight excluding hydrogens is 272 g/mol. The highest BCUT2D eigenvalue weighted by Crippen LogP contribution is 2.19. The number of nitrogens with zero attached hydrogens (tertiary/aromatic N) is 5. The topological polar surface area (TPSA) is 82.5 Å². The van der Waals surface area contributed by atoms with Crippen LogP contribution in [0.2, 0.25) is 0 Å². The van der Waals surface area contributed by atoms with Crippen LogP contribution in [0.3, 0.4) is 0 Å². The number of nitrogens with two attached hydrogens (primary N) is 1. The largest absolute Gasteiger partial charge is 0.384 e. The molecule has 0 saturated carbocycles. The van der Waals surface area contributed by atoms with Crippen LogP contribution in [0.25, 0.3) is 11.3 Å². The predicted molar refractivity (Wildman–Crippen MR) is 78.3 cm³/mol. The van der Waals surface area contributed by atoms with E-state index in [1.54, 1.807) is 28.3 Å². The summed E-state index contributed by atoms with van der Waals surface area (Å²) >= 11 is 1.62. The molecule has 0 spiro atoms. The fourth-order valence-corrected chi connectivity index (χ4v) is 2.56. The zero-order valence-electron chi connectivity index (χ0n) is 11.2. The molecule has 3 heterocycles. The van der Waals surface area contributed by atoms with Gasteiger partial charge in [0, 0.05) is 30.3 Å². The summed E-state index contributed by atoms with van der Waals surface area (Å²) in [5.74, 6) is 1.13. The number of rotatable bonds is 3. The van der Waals surface area contributed by atoms with E-state index in [0.29, 0.717) is 18.1 Å².